The van der Waals surface area contributed by atoms with E-state index in [0.717, 1.165) is 17.2 Å². The molecule has 1 aliphatic heterocycles. The molecule has 4 rings (SSSR count). The van der Waals surface area contributed by atoms with Crippen LogP contribution in [0.1, 0.15) is 6.42 Å². The lowest BCUT2D eigenvalue weighted by molar-refractivity contribution is -0.119. The number of hydrogen-bond donors (Lipinski definition) is 2. The summed E-state index contributed by atoms with van der Waals surface area (Å²) in [5.41, 5.74) is 0.841. The van der Waals surface area contributed by atoms with Gasteiger partial charge >= 0.3 is 0 Å². The normalized spacial score (nSPS) is 17.2. The first kappa shape index (κ1) is 21.6. The number of hydrogen-bond acceptors (Lipinski definition) is 9. The van der Waals surface area contributed by atoms with Crippen molar-refractivity contribution in [1.82, 2.24) is 15.5 Å². The van der Waals surface area contributed by atoms with Gasteiger partial charge in [0.15, 0.2) is 14.2 Å². The van der Waals surface area contributed by atoms with Crippen molar-refractivity contribution in [3.05, 3.63) is 54.6 Å². The van der Waals surface area contributed by atoms with Crippen molar-refractivity contribution in [2.24, 2.45) is 0 Å². The molecule has 1 atom stereocenters. The average Bonchev–Trinajstić information content (AvgIpc) is 3.34. The summed E-state index contributed by atoms with van der Waals surface area (Å²) >= 11 is 2.61. The van der Waals surface area contributed by atoms with E-state index in [9.17, 15) is 13.2 Å². The van der Waals surface area contributed by atoms with Gasteiger partial charge in [0, 0.05) is 11.7 Å². The molecule has 3 aromatic rings. The second-order valence-corrected chi connectivity index (χ2v) is 11.3. The van der Waals surface area contributed by atoms with E-state index in [-0.39, 0.29) is 29.2 Å². The first-order chi connectivity index (χ1) is 14.9. The largest absolute Gasteiger partial charge is 0.457 e. The van der Waals surface area contributed by atoms with Crippen LogP contribution >= 0.6 is 23.1 Å². The van der Waals surface area contributed by atoms with E-state index in [0.29, 0.717) is 15.9 Å². The second kappa shape index (κ2) is 9.67. The molecule has 0 bridgehead atoms. The van der Waals surface area contributed by atoms with Crippen LogP contribution in [-0.4, -0.2) is 47.8 Å². The molecule has 0 aliphatic carbocycles. The quantitative estimate of drug-likeness (QED) is 0.476. The van der Waals surface area contributed by atoms with E-state index in [2.05, 4.69) is 20.8 Å². The maximum atomic E-state index is 12.0. The molecule has 1 aliphatic rings. The highest BCUT2D eigenvalue weighted by molar-refractivity contribution is 8.01. The molecule has 1 fully saturated rings. The monoisotopic (exact) mass is 476 g/mol. The van der Waals surface area contributed by atoms with Crippen molar-refractivity contribution < 1.29 is 17.9 Å². The number of nitrogens with zero attached hydrogens (tertiary/aromatic N) is 2. The number of nitrogens with one attached hydrogen (secondary N) is 2. The zero-order valence-corrected chi connectivity index (χ0v) is 18.8. The number of para-hydroxylation sites is 1. The summed E-state index contributed by atoms with van der Waals surface area (Å²) < 4.78 is 29.4. The Labute approximate surface area is 188 Å². The Kier molecular flexibility index (Phi) is 6.73. The summed E-state index contributed by atoms with van der Waals surface area (Å²) in [7, 11) is -3.01. The fourth-order valence-corrected chi connectivity index (χ4v) is 6.24. The molecule has 2 N–H and O–H groups in total. The molecule has 162 valence electrons. The molecule has 1 saturated heterocycles. The Morgan fingerprint density at radius 2 is 1.84 bits per heavy atom. The van der Waals surface area contributed by atoms with Crippen molar-refractivity contribution in [3.8, 4) is 11.5 Å². The Hall–Kier alpha value is -2.63. The molecule has 8 nitrogen and oxygen atoms in total. The summed E-state index contributed by atoms with van der Waals surface area (Å²) in [6, 6.07) is 16.7. The number of aromatic nitrogens is 2. The van der Waals surface area contributed by atoms with Crippen LogP contribution in [0.3, 0.4) is 0 Å². The Bertz CT molecular complexity index is 1130. The van der Waals surface area contributed by atoms with Gasteiger partial charge in [-0.25, -0.2) is 8.42 Å². The van der Waals surface area contributed by atoms with Crippen molar-refractivity contribution in [2.75, 3.05) is 22.6 Å². The highest BCUT2D eigenvalue weighted by Crippen LogP contribution is 2.29. The summed E-state index contributed by atoms with van der Waals surface area (Å²) in [4.78, 5) is 12.0. The standard InChI is InChI=1S/C20H20N4O4S3/c25-18(21-15-10-11-31(26,27)13-15)12-29-20-24-23-19(30-20)22-14-6-8-17(9-7-14)28-16-4-2-1-3-5-16/h1-9,15H,10-13H2,(H,21,25)(H,22,23)/t15-/m1/s1. The van der Waals surface area contributed by atoms with Gasteiger partial charge in [0.1, 0.15) is 11.5 Å². The number of rotatable bonds is 8. The molecule has 0 saturated carbocycles. The van der Waals surface area contributed by atoms with Gasteiger partial charge in [0.05, 0.1) is 17.3 Å². The minimum absolute atomic E-state index is 0.0193. The zero-order valence-electron chi connectivity index (χ0n) is 16.4. The van der Waals surface area contributed by atoms with E-state index < -0.39 is 9.84 Å². The topological polar surface area (TPSA) is 110 Å². The van der Waals surface area contributed by atoms with E-state index in [1.807, 2.05) is 54.6 Å². The summed E-state index contributed by atoms with van der Waals surface area (Å²) in [6.07, 6.45) is 0.473. The summed E-state index contributed by atoms with van der Waals surface area (Å²) in [5, 5.41) is 14.7. The van der Waals surface area contributed by atoms with E-state index >= 15 is 0 Å². The van der Waals surface area contributed by atoms with Gasteiger partial charge in [-0.3, -0.25) is 4.79 Å². The maximum Gasteiger partial charge on any atom is 0.230 e. The molecule has 0 radical (unpaired) electrons. The van der Waals surface area contributed by atoms with Crippen LogP contribution < -0.4 is 15.4 Å². The fourth-order valence-electron chi connectivity index (χ4n) is 2.98. The first-order valence-electron chi connectivity index (χ1n) is 9.51. The number of amides is 1. The van der Waals surface area contributed by atoms with Crippen molar-refractivity contribution in [2.45, 2.75) is 16.8 Å². The molecule has 2 heterocycles. The Morgan fingerprint density at radius 1 is 1.10 bits per heavy atom. The van der Waals surface area contributed by atoms with E-state index in [1.165, 1.54) is 23.1 Å². The van der Waals surface area contributed by atoms with Crippen LogP contribution in [0.15, 0.2) is 58.9 Å². The Morgan fingerprint density at radius 3 is 2.55 bits per heavy atom. The predicted octanol–water partition coefficient (Wildman–Crippen LogP) is 3.47. The molecule has 0 unspecified atom stereocenters. The average molecular weight is 477 g/mol. The van der Waals surface area contributed by atoms with Crippen molar-refractivity contribution >= 4 is 49.7 Å². The molecule has 2 aromatic carbocycles. The van der Waals surface area contributed by atoms with E-state index in [4.69, 9.17) is 4.74 Å². The number of benzene rings is 2. The Balaban J connectivity index is 1.24. The van der Waals surface area contributed by atoms with Crippen LogP contribution in [0.5, 0.6) is 11.5 Å². The van der Waals surface area contributed by atoms with Crippen LogP contribution in [0.25, 0.3) is 0 Å². The number of ether oxygens (including phenoxy) is 1. The third kappa shape index (κ3) is 6.42. The van der Waals surface area contributed by atoms with Crippen LogP contribution in [0.2, 0.25) is 0 Å². The third-order valence-corrected chi connectivity index (χ3v) is 8.16. The molecule has 1 aromatic heterocycles. The van der Waals surface area contributed by atoms with Crippen LogP contribution in [0, 0.1) is 0 Å². The molecular formula is C20H20N4O4S3. The first-order valence-corrected chi connectivity index (χ1v) is 13.1. The highest BCUT2D eigenvalue weighted by Gasteiger charge is 2.28. The number of anilines is 2. The number of sulfone groups is 1. The molecule has 0 spiro atoms. The van der Waals surface area contributed by atoms with Crippen LogP contribution in [0.4, 0.5) is 10.8 Å². The third-order valence-electron chi connectivity index (χ3n) is 4.42. The molecule has 31 heavy (non-hydrogen) atoms. The van der Waals surface area contributed by atoms with Gasteiger partial charge in [0.25, 0.3) is 0 Å². The van der Waals surface area contributed by atoms with Crippen LogP contribution in [-0.2, 0) is 14.6 Å². The van der Waals surface area contributed by atoms with Gasteiger partial charge in [-0.05, 0) is 42.8 Å². The highest BCUT2D eigenvalue weighted by atomic mass is 32.2. The van der Waals surface area contributed by atoms with Crippen molar-refractivity contribution in [3.63, 3.8) is 0 Å². The summed E-state index contributed by atoms with van der Waals surface area (Å²) in [5.74, 6) is 1.61. The van der Waals surface area contributed by atoms with Gasteiger partial charge in [0.2, 0.25) is 11.0 Å². The van der Waals surface area contributed by atoms with Gasteiger partial charge in [-0.2, -0.15) is 0 Å². The van der Waals surface area contributed by atoms with Gasteiger partial charge in [-0.1, -0.05) is 41.3 Å². The number of carbonyl (C=O) groups excluding carboxylic acids is 1. The van der Waals surface area contributed by atoms with E-state index in [1.54, 1.807) is 0 Å². The smallest absolute Gasteiger partial charge is 0.230 e. The number of thioether (sulfide) groups is 1. The maximum absolute atomic E-state index is 12.0. The predicted molar refractivity (Wildman–Crippen MR) is 122 cm³/mol. The van der Waals surface area contributed by atoms with Crippen molar-refractivity contribution in [1.29, 1.82) is 0 Å². The van der Waals surface area contributed by atoms with Gasteiger partial charge in [-0.15, -0.1) is 10.2 Å². The lowest BCUT2D eigenvalue weighted by atomic mass is 10.3. The zero-order chi connectivity index (χ0) is 21.7. The second-order valence-electron chi connectivity index (χ2n) is 6.89. The minimum Gasteiger partial charge on any atom is -0.457 e. The minimum atomic E-state index is -3.01. The molecule has 11 heteroatoms. The molecular weight excluding hydrogens is 456 g/mol. The SMILES string of the molecule is O=C(CSc1nnc(Nc2ccc(Oc3ccccc3)cc2)s1)N[C@@H]1CCS(=O)(=O)C1. The molecule has 1 amide bonds. The lowest BCUT2D eigenvalue weighted by Gasteiger charge is -2.09. The fraction of sp³-hybridized carbons (Fsp3) is 0.250. The lowest BCUT2D eigenvalue weighted by Crippen LogP contribution is -2.36. The van der Waals surface area contributed by atoms with Gasteiger partial charge < -0.3 is 15.4 Å². The summed E-state index contributed by atoms with van der Waals surface area (Å²) in [6.45, 7) is 0. The number of carbonyl (C=O) groups is 1.